The van der Waals surface area contributed by atoms with Gasteiger partial charge < -0.3 is 10.8 Å². The summed E-state index contributed by atoms with van der Waals surface area (Å²) in [5.41, 5.74) is 5.50. The fourth-order valence-electron chi connectivity index (χ4n) is 0.667. The molecule has 0 saturated heterocycles. The lowest BCUT2D eigenvalue weighted by Crippen LogP contribution is -2.28. The number of hydrogen-bond acceptors (Lipinski definition) is 2. The summed E-state index contributed by atoms with van der Waals surface area (Å²) in [4.78, 5) is 0. The summed E-state index contributed by atoms with van der Waals surface area (Å²) in [6, 6.07) is 0.130. The minimum absolute atomic E-state index is 0.130. The van der Waals surface area contributed by atoms with Crippen molar-refractivity contribution in [2.24, 2.45) is 11.7 Å². The largest absolute Gasteiger partial charge is 0.396 e. The van der Waals surface area contributed by atoms with Gasteiger partial charge in [0.25, 0.3) is 0 Å². The van der Waals surface area contributed by atoms with Gasteiger partial charge in [0, 0.05) is 12.6 Å². The highest BCUT2D eigenvalue weighted by Crippen LogP contribution is 2.03. The summed E-state index contributed by atoms with van der Waals surface area (Å²) in [6.45, 7) is 4.17. The summed E-state index contributed by atoms with van der Waals surface area (Å²) in [5.74, 6) is 0.287. The van der Waals surface area contributed by atoms with Crippen LogP contribution >= 0.6 is 0 Å². The molecule has 2 unspecified atom stereocenters. The molecule has 2 atom stereocenters. The molecule has 0 fully saturated rings. The zero-order valence-corrected chi connectivity index (χ0v) is 5.59. The Kier molecular flexibility index (Phi) is 3.83. The lowest BCUT2D eigenvalue weighted by atomic mass is 10.0. The normalized spacial score (nSPS) is 18.0. The molecule has 0 saturated carbocycles. The van der Waals surface area contributed by atoms with Crippen molar-refractivity contribution < 1.29 is 5.11 Å². The number of hydrogen-bond donors (Lipinski definition) is 2. The molecule has 0 heterocycles. The van der Waals surface area contributed by atoms with E-state index in [1.165, 1.54) is 0 Å². The van der Waals surface area contributed by atoms with Crippen LogP contribution < -0.4 is 5.73 Å². The lowest BCUT2D eigenvalue weighted by Gasteiger charge is -2.14. The van der Waals surface area contributed by atoms with Crippen LogP contribution in [0.15, 0.2) is 0 Å². The molecule has 0 spiro atoms. The molecule has 50 valence electrons. The molecule has 2 nitrogen and oxygen atoms in total. The maximum absolute atomic E-state index is 8.62. The molecule has 0 aromatic carbocycles. The second kappa shape index (κ2) is 3.87. The van der Waals surface area contributed by atoms with Crippen LogP contribution in [0.1, 0.15) is 20.3 Å². The quantitative estimate of drug-likeness (QED) is 0.560. The molecule has 0 aromatic heterocycles. The second-order valence-electron chi connectivity index (χ2n) is 2.21. The molecule has 0 bridgehead atoms. The minimum Gasteiger partial charge on any atom is -0.396 e. The Morgan fingerprint density at radius 1 is 1.62 bits per heavy atom. The van der Waals surface area contributed by atoms with Crippen LogP contribution in [-0.2, 0) is 0 Å². The van der Waals surface area contributed by atoms with Crippen LogP contribution in [0.5, 0.6) is 0 Å². The Hall–Kier alpha value is -0.0800. The highest BCUT2D eigenvalue weighted by atomic mass is 16.3. The first-order chi connectivity index (χ1) is 3.72. The van der Waals surface area contributed by atoms with E-state index in [4.69, 9.17) is 10.8 Å². The van der Waals surface area contributed by atoms with E-state index < -0.39 is 0 Å². The summed E-state index contributed by atoms with van der Waals surface area (Å²) in [7, 11) is 0. The summed E-state index contributed by atoms with van der Waals surface area (Å²) in [6.07, 6.45) is 0.966. The fourth-order valence-corrected chi connectivity index (χ4v) is 0.667. The van der Waals surface area contributed by atoms with E-state index in [1.54, 1.807) is 0 Å². The molecule has 0 aromatic rings. The van der Waals surface area contributed by atoms with Crippen LogP contribution in [0.4, 0.5) is 0 Å². The van der Waals surface area contributed by atoms with Gasteiger partial charge in [-0.15, -0.1) is 0 Å². The highest BCUT2D eigenvalue weighted by molar-refractivity contribution is 4.64. The van der Waals surface area contributed by atoms with Crippen molar-refractivity contribution in [3.05, 3.63) is 0 Å². The Bertz CT molecular complexity index is 50.5. The van der Waals surface area contributed by atoms with Gasteiger partial charge in [0.05, 0.1) is 0 Å². The van der Waals surface area contributed by atoms with E-state index >= 15 is 0 Å². The topological polar surface area (TPSA) is 46.2 Å². The monoisotopic (exact) mass is 117 g/mol. The van der Waals surface area contributed by atoms with Crippen molar-refractivity contribution >= 4 is 0 Å². The van der Waals surface area contributed by atoms with Gasteiger partial charge in [-0.2, -0.15) is 0 Å². The molecule has 0 aliphatic carbocycles. The average molecular weight is 117 g/mol. The van der Waals surface area contributed by atoms with Crippen LogP contribution in [0.3, 0.4) is 0 Å². The highest BCUT2D eigenvalue weighted by Gasteiger charge is 2.07. The molecule has 0 aliphatic rings. The van der Waals surface area contributed by atoms with Gasteiger partial charge in [-0.05, 0) is 19.3 Å². The van der Waals surface area contributed by atoms with E-state index in [-0.39, 0.29) is 18.6 Å². The van der Waals surface area contributed by atoms with Gasteiger partial charge in [-0.25, -0.2) is 0 Å². The molecular weight excluding hydrogens is 102 g/mol. The van der Waals surface area contributed by atoms with Gasteiger partial charge in [0.15, 0.2) is 0 Å². The molecule has 0 radical (unpaired) electrons. The first-order valence-corrected chi connectivity index (χ1v) is 3.08. The van der Waals surface area contributed by atoms with Crippen LogP contribution in [0.25, 0.3) is 0 Å². The van der Waals surface area contributed by atoms with Gasteiger partial charge in [-0.1, -0.05) is 6.92 Å². The Balaban J connectivity index is 3.35. The number of aliphatic hydroxyl groups is 1. The summed E-state index contributed by atoms with van der Waals surface area (Å²) < 4.78 is 0. The number of aliphatic hydroxyl groups excluding tert-OH is 1. The molecular formula is C6H15NO. The third-order valence-corrected chi connectivity index (χ3v) is 1.50. The Morgan fingerprint density at radius 2 is 2.12 bits per heavy atom. The molecule has 2 heteroatoms. The molecule has 8 heavy (non-hydrogen) atoms. The molecule has 0 rings (SSSR count). The first-order valence-electron chi connectivity index (χ1n) is 3.08. The molecule has 0 amide bonds. The van der Waals surface area contributed by atoms with Gasteiger partial charge in [0.1, 0.15) is 0 Å². The fraction of sp³-hybridized carbons (Fsp3) is 1.00. The van der Waals surface area contributed by atoms with E-state index in [0.717, 1.165) is 6.42 Å². The standard InChI is InChI=1S/C6H15NO/c1-3-6(4-8)5(2)7/h5-6,8H,3-4,7H2,1-2H3. The Labute approximate surface area is 50.7 Å². The Morgan fingerprint density at radius 3 is 2.12 bits per heavy atom. The van der Waals surface area contributed by atoms with E-state index in [2.05, 4.69) is 0 Å². The van der Waals surface area contributed by atoms with Crippen molar-refractivity contribution in [1.29, 1.82) is 0 Å². The minimum atomic E-state index is 0.130. The predicted molar refractivity (Wildman–Crippen MR) is 34.5 cm³/mol. The number of nitrogens with two attached hydrogens (primary N) is 1. The lowest BCUT2D eigenvalue weighted by molar-refractivity contribution is 0.205. The van der Waals surface area contributed by atoms with Gasteiger partial charge >= 0.3 is 0 Å². The predicted octanol–water partition coefficient (Wildman–Crippen LogP) is 0.352. The maximum atomic E-state index is 8.62. The van der Waals surface area contributed by atoms with E-state index in [0.29, 0.717) is 0 Å². The average Bonchev–Trinajstić information content (AvgIpc) is 1.69. The van der Waals surface area contributed by atoms with Crippen LogP contribution in [-0.4, -0.2) is 17.8 Å². The number of rotatable bonds is 3. The smallest absolute Gasteiger partial charge is 0.0473 e. The first kappa shape index (κ1) is 7.92. The van der Waals surface area contributed by atoms with Crippen molar-refractivity contribution in [3.8, 4) is 0 Å². The van der Waals surface area contributed by atoms with Gasteiger partial charge in [0.2, 0.25) is 0 Å². The maximum Gasteiger partial charge on any atom is 0.0473 e. The summed E-state index contributed by atoms with van der Waals surface area (Å²) >= 11 is 0. The zero-order valence-electron chi connectivity index (χ0n) is 5.59. The van der Waals surface area contributed by atoms with Crippen molar-refractivity contribution in [2.45, 2.75) is 26.3 Å². The van der Waals surface area contributed by atoms with Gasteiger partial charge in [-0.3, -0.25) is 0 Å². The summed E-state index contributed by atoms with van der Waals surface area (Å²) in [5, 5.41) is 8.62. The second-order valence-corrected chi connectivity index (χ2v) is 2.21. The van der Waals surface area contributed by atoms with Crippen LogP contribution in [0, 0.1) is 5.92 Å². The van der Waals surface area contributed by atoms with Crippen molar-refractivity contribution in [3.63, 3.8) is 0 Å². The van der Waals surface area contributed by atoms with E-state index in [1.807, 2.05) is 13.8 Å². The van der Waals surface area contributed by atoms with Crippen molar-refractivity contribution in [1.82, 2.24) is 0 Å². The SMILES string of the molecule is CCC(CO)C(C)N. The zero-order chi connectivity index (χ0) is 6.57. The van der Waals surface area contributed by atoms with Crippen molar-refractivity contribution in [2.75, 3.05) is 6.61 Å². The van der Waals surface area contributed by atoms with E-state index in [9.17, 15) is 0 Å². The molecule has 0 aliphatic heterocycles. The molecule has 3 N–H and O–H groups in total. The van der Waals surface area contributed by atoms with Crippen LogP contribution in [0.2, 0.25) is 0 Å². The third-order valence-electron chi connectivity index (χ3n) is 1.50. The third kappa shape index (κ3) is 2.28.